The largest absolute Gasteiger partial charge is 0.451 e. The Morgan fingerprint density at radius 3 is 2.24 bits per heavy atom. The highest BCUT2D eigenvalue weighted by Gasteiger charge is 2.38. The van der Waals surface area contributed by atoms with Gasteiger partial charge < -0.3 is 15.8 Å². The van der Waals surface area contributed by atoms with Crippen molar-refractivity contribution >= 4 is 13.3 Å². The van der Waals surface area contributed by atoms with Gasteiger partial charge in [-0.2, -0.15) is 9.59 Å². The molecule has 1 aliphatic carbocycles. The standard InChI is InChI=1S/C17H27BN2O2.CO2/c19-17(7-3-4-8-18(21)22)15-9-16(10-15)20-11-13-5-1-2-6-14(13)12-20;2-1-3/h1-2,5-6,15-17,21-22H,3-4,7-12,19H2;. The highest BCUT2D eigenvalue weighted by molar-refractivity contribution is 6.40. The molecule has 2 aliphatic rings. The molecule has 1 heterocycles. The fourth-order valence-corrected chi connectivity index (χ4v) is 3.84. The molecule has 1 fully saturated rings. The molecule has 0 spiro atoms. The number of benzene rings is 1. The summed E-state index contributed by atoms with van der Waals surface area (Å²) in [4.78, 5) is 18.8. The first kappa shape index (κ1) is 19.8. The van der Waals surface area contributed by atoms with Crippen molar-refractivity contribution < 1.29 is 19.6 Å². The maximum absolute atomic E-state index is 8.83. The molecule has 1 aromatic carbocycles. The molecular formula is C18H27BN2O4. The summed E-state index contributed by atoms with van der Waals surface area (Å²) in [6, 6.07) is 9.72. The van der Waals surface area contributed by atoms with Gasteiger partial charge in [0.25, 0.3) is 0 Å². The second-order valence-electron chi connectivity index (χ2n) is 7.07. The number of rotatable bonds is 7. The quantitative estimate of drug-likeness (QED) is 0.506. The minimum atomic E-state index is -1.17. The van der Waals surface area contributed by atoms with Gasteiger partial charge in [0.2, 0.25) is 0 Å². The van der Waals surface area contributed by atoms with Crippen LogP contribution in [0.5, 0.6) is 0 Å². The molecule has 0 radical (unpaired) electrons. The van der Waals surface area contributed by atoms with Gasteiger partial charge in [0.1, 0.15) is 0 Å². The van der Waals surface area contributed by atoms with Crippen LogP contribution in [0.15, 0.2) is 24.3 Å². The van der Waals surface area contributed by atoms with Gasteiger partial charge >= 0.3 is 13.3 Å². The smallest absolute Gasteiger partial charge is 0.427 e. The number of unbranched alkanes of at least 4 members (excludes halogenated alkanes) is 1. The Balaban J connectivity index is 0.000000701. The van der Waals surface area contributed by atoms with Crippen LogP contribution in [0.1, 0.15) is 43.2 Å². The van der Waals surface area contributed by atoms with Gasteiger partial charge in [-0.1, -0.05) is 37.1 Å². The Morgan fingerprint density at radius 2 is 1.72 bits per heavy atom. The van der Waals surface area contributed by atoms with Crippen LogP contribution in [0.25, 0.3) is 0 Å². The first-order valence-corrected chi connectivity index (χ1v) is 8.97. The molecule has 136 valence electrons. The summed E-state index contributed by atoms with van der Waals surface area (Å²) in [5.74, 6) is 0.646. The molecule has 6 nitrogen and oxygen atoms in total. The van der Waals surface area contributed by atoms with Crippen LogP contribution in [0, 0.1) is 5.92 Å². The lowest BCUT2D eigenvalue weighted by atomic mass is 9.73. The average molecular weight is 346 g/mol. The van der Waals surface area contributed by atoms with E-state index in [-0.39, 0.29) is 12.2 Å². The Kier molecular flexibility index (Phi) is 7.81. The molecule has 1 atom stereocenters. The fraction of sp³-hybridized carbons (Fsp3) is 0.611. The first-order valence-electron chi connectivity index (χ1n) is 8.97. The zero-order valence-electron chi connectivity index (χ0n) is 14.5. The second-order valence-corrected chi connectivity index (χ2v) is 7.07. The van der Waals surface area contributed by atoms with Gasteiger partial charge in [0.15, 0.2) is 0 Å². The number of nitrogens with two attached hydrogens (primary N) is 1. The van der Waals surface area contributed by atoms with Crippen molar-refractivity contribution in [2.24, 2.45) is 11.7 Å². The van der Waals surface area contributed by atoms with Crippen molar-refractivity contribution in [1.29, 1.82) is 0 Å². The molecule has 0 aromatic heterocycles. The highest BCUT2D eigenvalue weighted by atomic mass is 16.4. The van der Waals surface area contributed by atoms with E-state index in [1.807, 2.05) is 0 Å². The Bertz CT molecular complexity index is 547. The molecular weight excluding hydrogens is 319 g/mol. The van der Waals surface area contributed by atoms with Gasteiger partial charge in [0, 0.05) is 25.2 Å². The topological polar surface area (TPSA) is 104 Å². The third kappa shape index (κ3) is 5.77. The van der Waals surface area contributed by atoms with Crippen LogP contribution in [-0.4, -0.2) is 40.3 Å². The van der Waals surface area contributed by atoms with E-state index >= 15 is 0 Å². The van der Waals surface area contributed by atoms with E-state index in [9.17, 15) is 0 Å². The summed E-state index contributed by atoms with van der Waals surface area (Å²) in [7, 11) is -1.17. The van der Waals surface area contributed by atoms with Crippen molar-refractivity contribution in [2.45, 2.75) is 63.6 Å². The summed E-state index contributed by atoms with van der Waals surface area (Å²) in [6.07, 6.45) is 6.00. The predicted octanol–water partition coefficient (Wildman–Crippen LogP) is 1.17. The van der Waals surface area contributed by atoms with E-state index in [2.05, 4.69) is 29.2 Å². The van der Waals surface area contributed by atoms with Gasteiger partial charge in [-0.05, 0) is 42.6 Å². The van der Waals surface area contributed by atoms with E-state index in [1.54, 1.807) is 0 Å². The molecule has 1 saturated carbocycles. The number of nitrogens with zero attached hydrogens (tertiary/aromatic N) is 1. The molecule has 1 aromatic rings. The Hall–Kier alpha value is -1.50. The van der Waals surface area contributed by atoms with E-state index in [0.29, 0.717) is 18.3 Å². The third-order valence-corrected chi connectivity index (χ3v) is 5.39. The van der Waals surface area contributed by atoms with Crippen LogP contribution in [0.4, 0.5) is 0 Å². The normalized spacial score (nSPS) is 22.8. The fourth-order valence-electron chi connectivity index (χ4n) is 3.84. The lowest BCUT2D eigenvalue weighted by molar-refractivity contribution is -0.191. The maximum atomic E-state index is 8.83. The number of hydrogen-bond donors (Lipinski definition) is 3. The predicted molar refractivity (Wildman–Crippen MR) is 94.0 cm³/mol. The Morgan fingerprint density at radius 1 is 1.16 bits per heavy atom. The van der Waals surface area contributed by atoms with Gasteiger partial charge in [-0.15, -0.1) is 0 Å². The molecule has 3 rings (SSSR count). The summed E-state index contributed by atoms with van der Waals surface area (Å²) in [6.45, 7) is 2.19. The van der Waals surface area contributed by atoms with Crippen LogP contribution in [-0.2, 0) is 22.7 Å². The minimum Gasteiger partial charge on any atom is -0.427 e. The molecule has 0 amide bonds. The average Bonchev–Trinajstić information content (AvgIpc) is 2.94. The molecule has 4 N–H and O–H groups in total. The number of hydrogen-bond acceptors (Lipinski definition) is 6. The molecule has 0 saturated heterocycles. The summed E-state index contributed by atoms with van der Waals surface area (Å²) < 4.78 is 0. The van der Waals surface area contributed by atoms with Crippen molar-refractivity contribution in [3.8, 4) is 0 Å². The molecule has 0 bridgehead atoms. The maximum Gasteiger partial charge on any atom is 0.451 e. The van der Waals surface area contributed by atoms with Crippen LogP contribution in [0.2, 0.25) is 6.32 Å². The molecule has 1 aliphatic heterocycles. The number of fused-ring (bicyclic) bond motifs is 1. The zero-order chi connectivity index (χ0) is 18.2. The Labute approximate surface area is 149 Å². The number of carbonyl (C=O) groups excluding carboxylic acids is 2. The lowest BCUT2D eigenvalue weighted by Crippen LogP contribution is -2.48. The summed E-state index contributed by atoms with van der Waals surface area (Å²) in [5, 5.41) is 17.7. The third-order valence-electron chi connectivity index (χ3n) is 5.39. The summed E-state index contributed by atoms with van der Waals surface area (Å²) in [5.41, 5.74) is 9.27. The van der Waals surface area contributed by atoms with Crippen LogP contribution in [0.3, 0.4) is 0 Å². The first-order chi connectivity index (χ1) is 12.0. The van der Waals surface area contributed by atoms with Gasteiger partial charge in [-0.25, -0.2) is 0 Å². The zero-order valence-corrected chi connectivity index (χ0v) is 14.5. The van der Waals surface area contributed by atoms with Crippen molar-refractivity contribution in [1.82, 2.24) is 4.90 Å². The summed E-state index contributed by atoms with van der Waals surface area (Å²) >= 11 is 0. The van der Waals surface area contributed by atoms with E-state index in [0.717, 1.165) is 32.4 Å². The second kappa shape index (κ2) is 9.85. The SMILES string of the molecule is NC(CCCCB(O)O)C1CC(N2Cc3ccccc3C2)C1.O=C=O. The molecule has 7 heteroatoms. The highest BCUT2D eigenvalue weighted by Crippen LogP contribution is 2.38. The van der Waals surface area contributed by atoms with Crippen LogP contribution >= 0.6 is 0 Å². The molecule has 1 unspecified atom stereocenters. The van der Waals surface area contributed by atoms with Crippen molar-refractivity contribution in [2.75, 3.05) is 0 Å². The van der Waals surface area contributed by atoms with Gasteiger partial charge in [0.05, 0.1) is 0 Å². The van der Waals surface area contributed by atoms with Crippen molar-refractivity contribution in [3.05, 3.63) is 35.4 Å². The van der Waals surface area contributed by atoms with Crippen LogP contribution < -0.4 is 5.73 Å². The minimum absolute atomic E-state index is 0.250. The van der Waals surface area contributed by atoms with Crippen molar-refractivity contribution in [3.63, 3.8) is 0 Å². The van der Waals surface area contributed by atoms with E-state index in [4.69, 9.17) is 25.4 Å². The van der Waals surface area contributed by atoms with Gasteiger partial charge in [-0.3, -0.25) is 4.90 Å². The van der Waals surface area contributed by atoms with E-state index < -0.39 is 7.12 Å². The monoisotopic (exact) mass is 346 g/mol. The lowest BCUT2D eigenvalue weighted by Gasteiger charge is -2.44. The molecule has 25 heavy (non-hydrogen) atoms. The van der Waals surface area contributed by atoms with E-state index in [1.165, 1.54) is 24.0 Å².